The normalized spacial score (nSPS) is 9.87. The van der Waals surface area contributed by atoms with Crippen LogP contribution in [-0.2, 0) is 0 Å². The number of rotatable bonds is 3. The van der Waals surface area contributed by atoms with Gasteiger partial charge in [-0.3, -0.25) is 14.7 Å². The second kappa shape index (κ2) is 3.88. The van der Waals surface area contributed by atoms with E-state index in [1.165, 1.54) is 12.4 Å². The molecule has 1 N–H and O–H groups in total. The molecule has 0 aliphatic heterocycles. The Hall–Kier alpha value is -2.23. The molecule has 0 spiro atoms. The number of nitrogens with zero attached hydrogens (tertiary/aromatic N) is 1. The van der Waals surface area contributed by atoms with Crippen molar-refractivity contribution in [2.75, 3.05) is 0 Å². The van der Waals surface area contributed by atoms with E-state index in [0.717, 1.165) is 0 Å². The number of hydrogen-bond donors (Lipinski definition) is 1. The van der Waals surface area contributed by atoms with E-state index in [9.17, 15) is 9.59 Å². The smallest absolute Gasteiger partial charge is 0.236 e. The van der Waals surface area contributed by atoms with Crippen molar-refractivity contribution in [1.82, 2.24) is 10.2 Å². The van der Waals surface area contributed by atoms with Gasteiger partial charge in [0.1, 0.15) is 0 Å². The van der Waals surface area contributed by atoms with Crippen LogP contribution in [-0.4, -0.2) is 21.8 Å². The number of hydrogen-bond acceptors (Lipinski definition) is 3. The van der Waals surface area contributed by atoms with E-state index in [2.05, 4.69) is 10.2 Å². The van der Waals surface area contributed by atoms with Crippen molar-refractivity contribution in [3.63, 3.8) is 0 Å². The molecule has 0 unspecified atom stereocenters. The van der Waals surface area contributed by atoms with Crippen molar-refractivity contribution in [2.45, 2.75) is 0 Å². The van der Waals surface area contributed by atoms with Gasteiger partial charge in [-0.1, -0.05) is 30.3 Å². The Morgan fingerprint density at radius 3 is 2.27 bits per heavy atom. The minimum atomic E-state index is -0.546. The van der Waals surface area contributed by atoms with Gasteiger partial charge in [-0.05, 0) is 0 Å². The lowest BCUT2D eigenvalue weighted by atomic mass is 10.0. The Morgan fingerprint density at radius 2 is 1.67 bits per heavy atom. The van der Waals surface area contributed by atoms with Gasteiger partial charge in [-0.15, -0.1) is 0 Å². The summed E-state index contributed by atoms with van der Waals surface area (Å²) in [6.07, 6.45) is 2.74. The van der Waals surface area contributed by atoms with Crippen LogP contribution in [0.4, 0.5) is 0 Å². The summed E-state index contributed by atoms with van der Waals surface area (Å²) in [5.74, 6) is -1.06. The van der Waals surface area contributed by atoms with Crippen molar-refractivity contribution < 1.29 is 9.59 Å². The topological polar surface area (TPSA) is 62.8 Å². The van der Waals surface area contributed by atoms with Crippen molar-refractivity contribution >= 4 is 11.6 Å². The first-order valence-electron chi connectivity index (χ1n) is 4.42. The number of aromatic nitrogens is 2. The minimum Gasteiger partial charge on any atom is -0.285 e. The molecule has 0 atom stereocenters. The van der Waals surface area contributed by atoms with Crippen LogP contribution in [0.15, 0.2) is 42.7 Å². The van der Waals surface area contributed by atoms with Gasteiger partial charge in [-0.25, -0.2) is 0 Å². The molecule has 4 nitrogen and oxygen atoms in total. The van der Waals surface area contributed by atoms with Crippen LogP contribution in [0.5, 0.6) is 0 Å². The lowest BCUT2D eigenvalue weighted by Gasteiger charge is -1.96. The summed E-state index contributed by atoms with van der Waals surface area (Å²) < 4.78 is 0. The summed E-state index contributed by atoms with van der Waals surface area (Å²) in [4.78, 5) is 23.2. The highest BCUT2D eigenvalue weighted by Crippen LogP contribution is 2.05. The number of ketones is 2. The van der Waals surface area contributed by atoms with Gasteiger partial charge in [0.05, 0.1) is 11.8 Å². The fraction of sp³-hybridized carbons (Fsp3) is 0. The van der Waals surface area contributed by atoms with Crippen LogP contribution in [0, 0.1) is 0 Å². The fourth-order valence-electron chi connectivity index (χ4n) is 1.23. The van der Waals surface area contributed by atoms with Crippen molar-refractivity contribution in [3.8, 4) is 0 Å². The molecular weight excluding hydrogens is 192 g/mol. The van der Waals surface area contributed by atoms with Crippen LogP contribution in [0.2, 0.25) is 0 Å². The molecule has 74 valence electrons. The molecule has 2 rings (SSSR count). The van der Waals surface area contributed by atoms with E-state index in [1.807, 2.05) is 0 Å². The lowest BCUT2D eigenvalue weighted by Crippen LogP contribution is -2.13. The summed E-state index contributed by atoms with van der Waals surface area (Å²) in [7, 11) is 0. The number of nitrogens with one attached hydrogen (secondary N) is 1. The van der Waals surface area contributed by atoms with E-state index < -0.39 is 11.6 Å². The Morgan fingerprint density at radius 1 is 1.00 bits per heavy atom. The molecule has 1 aromatic heterocycles. The second-order valence-electron chi connectivity index (χ2n) is 3.01. The predicted molar refractivity (Wildman–Crippen MR) is 53.7 cm³/mol. The molecule has 1 aromatic carbocycles. The summed E-state index contributed by atoms with van der Waals surface area (Å²) in [5.41, 5.74) is 0.674. The van der Waals surface area contributed by atoms with Gasteiger partial charge >= 0.3 is 0 Å². The minimum absolute atomic E-state index is 0.281. The maximum Gasteiger partial charge on any atom is 0.236 e. The molecule has 0 saturated carbocycles. The van der Waals surface area contributed by atoms with Crippen LogP contribution < -0.4 is 0 Å². The van der Waals surface area contributed by atoms with E-state index in [-0.39, 0.29) is 5.56 Å². The van der Waals surface area contributed by atoms with Gasteiger partial charge < -0.3 is 0 Å². The maximum absolute atomic E-state index is 11.7. The van der Waals surface area contributed by atoms with Crippen LogP contribution >= 0.6 is 0 Å². The van der Waals surface area contributed by atoms with E-state index in [0.29, 0.717) is 5.56 Å². The zero-order valence-corrected chi connectivity index (χ0v) is 7.81. The van der Waals surface area contributed by atoms with Gasteiger partial charge in [0.25, 0.3) is 0 Å². The highest BCUT2D eigenvalue weighted by molar-refractivity contribution is 6.49. The molecule has 2 aromatic rings. The third-order valence-electron chi connectivity index (χ3n) is 2.00. The van der Waals surface area contributed by atoms with E-state index >= 15 is 0 Å². The lowest BCUT2D eigenvalue weighted by molar-refractivity contribution is 0.0817. The summed E-state index contributed by atoms with van der Waals surface area (Å²) in [6.45, 7) is 0. The molecule has 0 aliphatic rings. The molecule has 4 heteroatoms. The second-order valence-corrected chi connectivity index (χ2v) is 3.01. The quantitative estimate of drug-likeness (QED) is 0.602. The third kappa shape index (κ3) is 1.83. The van der Waals surface area contributed by atoms with Crippen molar-refractivity contribution in [3.05, 3.63) is 53.9 Å². The van der Waals surface area contributed by atoms with Crippen LogP contribution in [0.25, 0.3) is 0 Å². The average Bonchev–Trinajstić information content (AvgIpc) is 2.82. The number of benzene rings is 1. The molecule has 0 saturated heterocycles. The third-order valence-corrected chi connectivity index (χ3v) is 2.00. The van der Waals surface area contributed by atoms with Gasteiger partial charge in [-0.2, -0.15) is 5.10 Å². The Labute approximate surface area is 85.9 Å². The molecule has 0 amide bonds. The predicted octanol–water partition coefficient (Wildman–Crippen LogP) is 1.48. The molecule has 1 heterocycles. The zero-order chi connectivity index (χ0) is 10.7. The number of H-pyrrole nitrogens is 1. The molecule has 0 bridgehead atoms. The molecule has 0 radical (unpaired) electrons. The van der Waals surface area contributed by atoms with Crippen LogP contribution in [0.3, 0.4) is 0 Å². The molecule has 15 heavy (non-hydrogen) atoms. The first-order valence-corrected chi connectivity index (χ1v) is 4.42. The number of carbonyl (C=O) groups excluding carboxylic acids is 2. The first kappa shape index (κ1) is 9.33. The average molecular weight is 200 g/mol. The maximum atomic E-state index is 11.7. The molecule has 0 aliphatic carbocycles. The fourth-order valence-corrected chi connectivity index (χ4v) is 1.23. The molecule has 0 fully saturated rings. The van der Waals surface area contributed by atoms with E-state index in [4.69, 9.17) is 0 Å². The van der Waals surface area contributed by atoms with Crippen LogP contribution in [0.1, 0.15) is 20.7 Å². The van der Waals surface area contributed by atoms with Crippen molar-refractivity contribution in [2.24, 2.45) is 0 Å². The summed E-state index contributed by atoms with van der Waals surface area (Å²) in [6, 6.07) is 8.45. The standard InChI is InChI=1S/C11H8N2O2/c14-10(8-4-2-1-3-5-8)11(15)9-6-12-13-7-9/h1-7H,(H,12,13). The monoisotopic (exact) mass is 200 g/mol. The SMILES string of the molecule is O=C(C(=O)c1cn[nH]c1)c1ccccc1. The number of Topliss-reactive ketones (excluding diaryl/α,β-unsaturated/α-hetero) is 2. The molecular formula is C11H8N2O2. The van der Waals surface area contributed by atoms with Gasteiger partial charge in [0.15, 0.2) is 0 Å². The Kier molecular flexibility index (Phi) is 2.41. The summed E-state index contributed by atoms with van der Waals surface area (Å²) >= 11 is 0. The largest absolute Gasteiger partial charge is 0.285 e. The highest BCUT2D eigenvalue weighted by atomic mass is 16.2. The van der Waals surface area contributed by atoms with Gasteiger partial charge in [0, 0.05) is 11.8 Å². The van der Waals surface area contributed by atoms with E-state index in [1.54, 1.807) is 30.3 Å². The van der Waals surface area contributed by atoms with Gasteiger partial charge in [0.2, 0.25) is 11.6 Å². The summed E-state index contributed by atoms with van der Waals surface area (Å²) in [5, 5.41) is 6.12. The Bertz CT molecular complexity index is 475. The highest BCUT2D eigenvalue weighted by Gasteiger charge is 2.18. The Balaban J connectivity index is 2.27. The number of aromatic amines is 1. The number of carbonyl (C=O) groups is 2. The van der Waals surface area contributed by atoms with Crippen molar-refractivity contribution in [1.29, 1.82) is 0 Å². The zero-order valence-electron chi connectivity index (χ0n) is 7.81. The first-order chi connectivity index (χ1) is 7.29.